The maximum atomic E-state index is 12.5. The quantitative estimate of drug-likeness (QED) is 0.196. The lowest BCUT2D eigenvalue weighted by Crippen LogP contribution is -2.65. The molecular weight excluding hydrogens is 476 g/mol. The molecule has 3 rings (SSSR count). The molecule has 0 atom stereocenters. The topological polar surface area (TPSA) is 55.8 Å². The highest BCUT2D eigenvalue weighted by Gasteiger charge is 2.49. The van der Waals surface area contributed by atoms with Crippen molar-refractivity contribution >= 4 is 36.3 Å². The lowest BCUT2D eigenvalue weighted by atomic mass is 10.1. The van der Waals surface area contributed by atoms with Gasteiger partial charge in [0.25, 0.3) is 8.32 Å². The Morgan fingerprint density at radius 1 is 0.943 bits per heavy atom. The molecule has 4 nitrogen and oxygen atoms in total. The minimum Gasteiger partial charge on any atom is -0.489 e. The summed E-state index contributed by atoms with van der Waals surface area (Å²) in [4.78, 5) is 24.7. The van der Waals surface area contributed by atoms with Gasteiger partial charge in [-0.05, 0) is 66.7 Å². The largest absolute Gasteiger partial charge is 0.489 e. The van der Waals surface area contributed by atoms with Crippen molar-refractivity contribution in [3.63, 3.8) is 0 Å². The summed E-state index contributed by atoms with van der Waals surface area (Å²) in [6, 6.07) is 25.0. The predicted octanol–water partition coefficient (Wildman–Crippen LogP) is 5.99. The molecule has 0 saturated heterocycles. The zero-order chi connectivity index (χ0) is 25.5. The summed E-state index contributed by atoms with van der Waals surface area (Å²) in [5.74, 6) is 0.149. The first-order chi connectivity index (χ1) is 16.6. The number of hydrogen-bond acceptors (Lipinski definition) is 4. The fraction of sp³-hybridized carbons (Fsp3) is 0.345. The third-order valence-corrected chi connectivity index (χ3v) is 11.2. The molecular formula is C29H35ClO4Si. The Labute approximate surface area is 215 Å². The van der Waals surface area contributed by atoms with Gasteiger partial charge in [-0.1, -0.05) is 86.1 Å². The van der Waals surface area contributed by atoms with Crippen molar-refractivity contribution < 1.29 is 19.1 Å². The van der Waals surface area contributed by atoms with Gasteiger partial charge in [0.05, 0.1) is 23.3 Å². The number of rotatable bonds is 11. The molecule has 1 N–H and O–H groups in total. The lowest BCUT2D eigenvalue weighted by molar-refractivity contribution is 0.0497. The fourth-order valence-corrected chi connectivity index (χ4v) is 8.39. The lowest BCUT2D eigenvalue weighted by Gasteiger charge is -2.41. The average Bonchev–Trinajstić information content (AvgIpc) is 2.85. The van der Waals surface area contributed by atoms with Crippen LogP contribution < -0.4 is 15.1 Å². The molecule has 0 saturated carbocycles. The zero-order valence-electron chi connectivity index (χ0n) is 21.0. The zero-order valence-corrected chi connectivity index (χ0v) is 22.7. The maximum Gasteiger partial charge on any atom is 0.338 e. The molecule has 3 aromatic carbocycles. The summed E-state index contributed by atoms with van der Waals surface area (Å²) in [6.45, 7) is 8.45. The molecule has 0 aliphatic heterocycles. The third kappa shape index (κ3) is 6.54. The summed E-state index contributed by atoms with van der Waals surface area (Å²) in [5.41, 5.74) is 0.404. The molecule has 0 fully saturated rings. The minimum atomic E-state index is -3.02. The van der Waals surface area contributed by atoms with Gasteiger partial charge in [-0.2, -0.15) is 0 Å². The SMILES string of the molecule is CC(C)Oc1ccc(C(=O)OCCCCC(C)(C)[Si](O)(c2ccccc2)c2ccccc2)cc1Cl. The van der Waals surface area contributed by atoms with Gasteiger partial charge in [0.1, 0.15) is 5.75 Å². The first-order valence-corrected chi connectivity index (χ1v) is 14.4. The van der Waals surface area contributed by atoms with Crippen molar-refractivity contribution in [3.8, 4) is 5.75 Å². The molecule has 0 heterocycles. The van der Waals surface area contributed by atoms with E-state index in [9.17, 15) is 9.59 Å². The molecule has 0 amide bonds. The van der Waals surface area contributed by atoms with E-state index >= 15 is 0 Å². The van der Waals surface area contributed by atoms with Gasteiger partial charge in [0.15, 0.2) is 0 Å². The van der Waals surface area contributed by atoms with Crippen LogP contribution in [0.15, 0.2) is 78.9 Å². The monoisotopic (exact) mass is 510 g/mol. The highest BCUT2D eigenvalue weighted by molar-refractivity contribution is 6.98. The van der Waals surface area contributed by atoms with E-state index in [1.165, 1.54) is 0 Å². The second-order valence-electron chi connectivity index (χ2n) is 9.73. The summed E-state index contributed by atoms with van der Waals surface area (Å²) in [7, 11) is -3.02. The molecule has 3 aromatic rings. The van der Waals surface area contributed by atoms with Crippen LogP contribution in [0.25, 0.3) is 0 Å². The van der Waals surface area contributed by atoms with E-state index in [-0.39, 0.29) is 11.1 Å². The van der Waals surface area contributed by atoms with E-state index in [2.05, 4.69) is 13.8 Å². The van der Waals surface area contributed by atoms with Gasteiger partial charge < -0.3 is 14.3 Å². The Bertz CT molecular complexity index is 1060. The summed E-state index contributed by atoms with van der Waals surface area (Å²) >= 11 is 6.24. The smallest absolute Gasteiger partial charge is 0.338 e. The molecule has 0 aromatic heterocycles. The van der Waals surface area contributed by atoms with Gasteiger partial charge >= 0.3 is 5.97 Å². The fourth-order valence-electron chi connectivity index (χ4n) is 4.38. The number of carbonyl (C=O) groups excluding carboxylic acids is 1. The molecule has 0 unspecified atom stereocenters. The Balaban J connectivity index is 1.60. The Hall–Kier alpha value is -2.60. The van der Waals surface area contributed by atoms with E-state index in [1.807, 2.05) is 74.5 Å². The van der Waals surface area contributed by atoms with Crippen molar-refractivity contribution in [2.45, 2.75) is 58.1 Å². The van der Waals surface area contributed by atoms with Crippen LogP contribution in [-0.4, -0.2) is 31.8 Å². The van der Waals surface area contributed by atoms with E-state index in [4.69, 9.17) is 21.1 Å². The number of ether oxygens (including phenoxy) is 2. The molecule has 186 valence electrons. The number of esters is 1. The van der Waals surface area contributed by atoms with Gasteiger partial charge in [-0.3, -0.25) is 0 Å². The first kappa shape index (κ1) is 27.0. The highest BCUT2D eigenvalue weighted by atomic mass is 35.5. The average molecular weight is 511 g/mol. The third-order valence-electron chi connectivity index (χ3n) is 6.32. The first-order valence-electron chi connectivity index (χ1n) is 12.1. The maximum absolute atomic E-state index is 12.5. The molecule has 0 aliphatic carbocycles. The Morgan fingerprint density at radius 3 is 2.03 bits per heavy atom. The van der Waals surface area contributed by atoms with E-state index in [0.29, 0.717) is 29.4 Å². The normalized spacial score (nSPS) is 12.0. The second kappa shape index (κ2) is 11.9. The molecule has 6 heteroatoms. The van der Waals surface area contributed by atoms with E-state index in [0.717, 1.165) is 23.2 Å². The molecule has 0 spiro atoms. The van der Waals surface area contributed by atoms with E-state index < -0.39 is 14.3 Å². The second-order valence-corrected chi connectivity index (χ2v) is 14.1. The summed E-state index contributed by atoms with van der Waals surface area (Å²) < 4.78 is 11.1. The molecule has 0 radical (unpaired) electrons. The van der Waals surface area contributed by atoms with E-state index in [1.54, 1.807) is 18.2 Å². The Morgan fingerprint density at radius 2 is 1.51 bits per heavy atom. The van der Waals surface area contributed by atoms with Crippen LogP contribution in [0.4, 0.5) is 0 Å². The summed E-state index contributed by atoms with van der Waals surface area (Å²) in [6.07, 6.45) is 2.35. The van der Waals surface area contributed by atoms with Crippen molar-refractivity contribution in [2.24, 2.45) is 0 Å². The Kier molecular flexibility index (Phi) is 9.17. The predicted molar refractivity (Wildman–Crippen MR) is 146 cm³/mol. The van der Waals surface area contributed by atoms with Crippen molar-refractivity contribution in [1.29, 1.82) is 0 Å². The number of carbonyl (C=O) groups is 1. The van der Waals surface area contributed by atoms with Crippen LogP contribution in [-0.2, 0) is 4.74 Å². The number of hydrogen-bond donors (Lipinski definition) is 1. The minimum absolute atomic E-state index is 0.000878. The van der Waals surface area contributed by atoms with Gasteiger partial charge in [0.2, 0.25) is 0 Å². The number of halogens is 1. The van der Waals surface area contributed by atoms with Gasteiger partial charge in [0, 0.05) is 0 Å². The molecule has 35 heavy (non-hydrogen) atoms. The van der Waals surface area contributed by atoms with Gasteiger partial charge in [-0.25, -0.2) is 4.79 Å². The van der Waals surface area contributed by atoms with Crippen molar-refractivity contribution in [1.82, 2.24) is 0 Å². The number of unbranched alkanes of at least 4 members (excludes halogenated alkanes) is 1. The van der Waals surface area contributed by atoms with Crippen LogP contribution in [0.2, 0.25) is 10.1 Å². The summed E-state index contributed by atoms with van der Waals surface area (Å²) in [5, 5.41) is 2.08. The van der Waals surface area contributed by atoms with Gasteiger partial charge in [-0.15, -0.1) is 0 Å². The molecule has 0 aliphatic rings. The number of benzene rings is 3. The van der Waals surface area contributed by atoms with Crippen LogP contribution >= 0.6 is 11.6 Å². The van der Waals surface area contributed by atoms with Crippen molar-refractivity contribution in [2.75, 3.05) is 6.61 Å². The standard InChI is InChI=1S/C29H35ClO4Si/c1-22(2)34-27-18-17-23(21-26(27)30)28(31)33-20-12-11-19-29(3,4)35(32,24-13-7-5-8-14-24)25-15-9-6-10-16-25/h5-10,13-18,21-22,32H,11-12,19-20H2,1-4H3. The van der Waals surface area contributed by atoms with Crippen LogP contribution in [0, 0.1) is 0 Å². The van der Waals surface area contributed by atoms with Crippen LogP contribution in [0.5, 0.6) is 5.75 Å². The van der Waals surface area contributed by atoms with Crippen LogP contribution in [0.3, 0.4) is 0 Å². The van der Waals surface area contributed by atoms with Crippen molar-refractivity contribution in [3.05, 3.63) is 89.4 Å². The highest BCUT2D eigenvalue weighted by Crippen LogP contribution is 2.40. The van der Waals surface area contributed by atoms with Crippen LogP contribution in [0.1, 0.15) is 57.3 Å². The molecule has 0 bridgehead atoms.